The van der Waals surface area contributed by atoms with Crippen LogP contribution in [0.5, 0.6) is 5.75 Å². The van der Waals surface area contributed by atoms with E-state index in [1.165, 1.54) is 17.5 Å². The fourth-order valence-corrected chi connectivity index (χ4v) is 3.23. The van der Waals surface area contributed by atoms with Gasteiger partial charge in [0, 0.05) is 0 Å². The van der Waals surface area contributed by atoms with Crippen LogP contribution in [0.15, 0.2) is 54.6 Å². The van der Waals surface area contributed by atoms with E-state index >= 15 is 0 Å². The van der Waals surface area contributed by atoms with Crippen molar-refractivity contribution >= 4 is 0 Å². The molecule has 1 fully saturated rings. The Kier molecular flexibility index (Phi) is 5.12. The minimum atomic E-state index is -0.136. The third kappa shape index (κ3) is 4.11. The van der Waals surface area contributed by atoms with Gasteiger partial charge in [0.2, 0.25) is 0 Å². The molecule has 1 aliphatic carbocycles. The SMILES string of the molecule is OC1CCCCC1Cc1cccc(OCc2ccccc2)c1. The number of aliphatic hydroxyl groups is 1. The molecule has 2 aromatic rings. The summed E-state index contributed by atoms with van der Waals surface area (Å²) in [4.78, 5) is 0. The molecule has 1 aliphatic rings. The first-order valence-electron chi connectivity index (χ1n) is 8.25. The van der Waals surface area contributed by atoms with E-state index in [0.717, 1.165) is 31.4 Å². The predicted octanol–water partition coefficient (Wildman–Crippen LogP) is 4.36. The van der Waals surface area contributed by atoms with Crippen molar-refractivity contribution in [3.05, 3.63) is 65.7 Å². The quantitative estimate of drug-likeness (QED) is 0.888. The van der Waals surface area contributed by atoms with Gasteiger partial charge in [-0.3, -0.25) is 0 Å². The minimum Gasteiger partial charge on any atom is -0.489 e. The average molecular weight is 296 g/mol. The number of aliphatic hydroxyl groups excluding tert-OH is 1. The van der Waals surface area contributed by atoms with Crippen molar-refractivity contribution in [2.45, 2.75) is 44.8 Å². The molecule has 3 rings (SSSR count). The van der Waals surface area contributed by atoms with Crippen LogP contribution in [0.25, 0.3) is 0 Å². The maximum absolute atomic E-state index is 10.1. The number of ether oxygens (including phenoxy) is 1. The molecule has 0 saturated heterocycles. The van der Waals surface area contributed by atoms with Crippen molar-refractivity contribution in [2.75, 3.05) is 0 Å². The standard InChI is InChI=1S/C20H24O2/c21-20-12-5-4-10-18(20)13-17-9-6-11-19(14-17)22-15-16-7-2-1-3-8-16/h1-3,6-9,11,14,18,20-21H,4-5,10,12-13,15H2. The van der Waals surface area contributed by atoms with Crippen LogP contribution in [-0.2, 0) is 13.0 Å². The Labute approximate surface area is 132 Å². The Morgan fingerprint density at radius 1 is 0.909 bits per heavy atom. The zero-order chi connectivity index (χ0) is 15.2. The molecule has 0 heterocycles. The summed E-state index contributed by atoms with van der Waals surface area (Å²) in [5, 5.41) is 10.1. The van der Waals surface area contributed by atoms with Crippen LogP contribution in [0.3, 0.4) is 0 Å². The Hall–Kier alpha value is -1.80. The maximum Gasteiger partial charge on any atom is 0.120 e. The molecule has 2 atom stereocenters. The molecule has 0 bridgehead atoms. The second-order valence-corrected chi connectivity index (χ2v) is 6.24. The fourth-order valence-electron chi connectivity index (χ4n) is 3.23. The molecule has 0 aromatic heterocycles. The van der Waals surface area contributed by atoms with E-state index in [2.05, 4.69) is 24.3 Å². The van der Waals surface area contributed by atoms with Crippen LogP contribution in [0, 0.1) is 5.92 Å². The molecule has 1 saturated carbocycles. The van der Waals surface area contributed by atoms with Gasteiger partial charge in [-0.1, -0.05) is 55.3 Å². The van der Waals surface area contributed by atoms with Crippen molar-refractivity contribution in [1.29, 1.82) is 0 Å². The molecule has 2 heteroatoms. The number of benzene rings is 2. The molecule has 22 heavy (non-hydrogen) atoms. The monoisotopic (exact) mass is 296 g/mol. The summed E-state index contributed by atoms with van der Waals surface area (Å²) in [6, 6.07) is 18.5. The summed E-state index contributed by atoms with van der Waals surface area (Å²) in [6.45, 7) is 0.594. The van der Waals surface area contributed by atoms with Crippen molar-refractivity contribution in [3.8, 4) is 5.75 Å². The van der Waals surface area contributed by atoms with Crippen molar-refractivity contribution in [1.82, 2.24) is 0 Å². The Morgan fingerprint density at radius 3 is 2.50 bits per heavy atom. The van der Waals surface area contributed by atoms with Crippen LogP contribution in [0.4, 0.5) is 0 Å². The smallest absolute Gasteiger partial charge is 0.120 e. The third-order valence-electron chi connectivity index (χ3n) is 4.51. The number of rotatable bonds is 5. The van der Waals surface area contributed by atoms with E-state index in [-0.39, 0.29) is 6.10 Å². The van der Waals surface area contributed by atoms with Gasteiger partial charge in [-0.25, -0.2) is 0 Å². The molecule has 2 aromatic carbocycles. The Morgan fingerprint density at radius 2 is 1.68 bits per heavy atom. The highest BCUT2D eigenvalue weighted by molar-refractivity contribution is 5.29. The van der Waals surface area contributed by atoms with Crippen LogP contribution in [0.1, 0.15) is 36.8 Å². The van der Waals surface area contributed by atoms with Gasteiger partial charge in [0.1, 0.15) is 12.4 Å². The van der Waals surface area contributed by atoms with Gasteiger partial charge in [-0.15, -0.1) is 0 Å². The van der Waals surface area contributed by atoms with Crippen LogP contribution < -0.4 is 4.74 Å². The number of hydrogen-bond donors (Lipinski definition) is 1. The van der Waals surface area contributed by atoms with Crippen LogP contribution in [-0.4, -0.2) is 11.2 Å². The highest BCUT2D eigenvalue weighted by atomic mass is 16.5. The summed E-state index contributed by atoms with van der Waals surface area (Å²) >= 11 is 0. The minimum absolute atomic E-state index is 0.136. The van der Waals surface area contributed by atoms with Gasteiger partial charge in [0.15, 0.2) is 0 Å². The van der Waals surface area contributed by atoms with Gasteiger partial charge < -0.3 is 9.84 Å². The molecule has 0 radical (unpaired) electrons. The Balaban J connectivity index is 1.60. The molecule has 2 unspecified atom stereocenters. The van der Waals surface area contributed by atoms with Gasteiger partial charge in [0.25, 0.3) is 0 Å². The van der Waals surface area contributed by atoms with E-state index in [0.29, 0.717) is 12.5 Å². The first-order valence-corrected chi connectivity index (χ1v) is 8.25. The zero-order valence-corrected chi connectivity index (χ0v) is 12.9. The van der Waals surface area contributed by atoms with Crippen molar-refractivity contribution in [3.63, 3.8) is 0 Å². The van der Waals surface area contributed by atoms with E-state index in [1.807, 2.05) is 30.3 Å². The highest BCUT2D eigenvalue weighted by Gasteiger charge is 2.23. The van der Waals surface area contributed by atoms with E-state index in [4.69, 9.17) is 4.74 Å². The zero-order valence-electron chi connectivity index (χ0n) is 12.9. The molecule has 0 aliphatic heterocycles. The first kappa shape index (κ1) is 15.1. The summed E-state index contributed by atoms with van der Waals surface area (Å²) in [7, 11) is 0. The van der Waals surface area contributed by atoms with Gasteiger partial charge in [0.05, 0.1) is 6.10 Å². The third-order valence-corrected chi connectivity index (χ3v) is 4.51. The lowest BCUT2D eigenvalue weighted by molar-refractivity contribution is 0.0700. The summed E-state index contributed by atoms with van der Waals surface area (Å²) < 4.78 is 5.89. The lowest BCUT2D eigenvalue weighted by atomic mass is 9.82. The Bertz CT molecular complexity index is 579. The highest BCUT2D eigenvalue weighted by Crippen LogP contribution is 2.28. The molecular weight excluding hydrogens is 272 g/mol. The summed E-state index contributed by atoms with van der Waals surface area (Å²) in [5.74, 6) is 1.31. The van der Waals surface area contributed by atoms with Crippen LogP contribution in [0.2, 0.25) is 0 Å². The molecule has 116 valence electrons. The second kappa shape index (κ2) is 7.46. The average Bonchev–Trinajstić information content (AvgIpc) is 2.57. The largest absolute Gasteiger partial charge is 0.489 e. The second-order valence-electron chi connectivity index (χ2n) is 6.24. The molecular formula is C20H24O2. The molecule has 1 N–H and O–H groups in total. The summed E-state index contributed by atoms with van der Waals surface area (Å²) in [6.07, 6.45) is 5.31. The maximum atomic E-state index is 10.1. The first-order chi connectivity index (χ1) is 10.8. The molecule has 2 nitrogen and oxygen atoms in total. The lowest BCUT2D eigenvalue weighted by Gasteiger charge is -2.27. The van der Waals surface area contributed by atoms with Gasteiger partial charge >= 0.3 is 0 Å². The van der Waals surface area contributed by atoms with Gasteiger partial charge in [-0.05, 0) is 48.4 Å². The fraction of sp³-hybridized carbons (Fsp3) is 0.400. The topological polar surface area (TPSA) is 29.5 Å². The van der Waals surface area contributed by atoms with E-state index in [1.54, 1.807) is 0 Å². The van der Waals surface area contributed by atoms with E-state index in [9.17, 15) is 5.11 Å². The van der Waals surface area contributed by atoms with E-state index < -0.39 is 0 Å². The van der Waals surface area contributed by atoms with Crippen LogP contribution >= 0.6 is 0 Å². The predicted molar refractivity (Wildman–Crippen MR) is 88.9 cm³/mol. The molecule has 0 amide bonds. The number of hydrogen-bond acceptors (Lipinski definition) is 2. The van der Waals surface area contributed by atoms with Crippen molar-refractivity contribution in [2.24, 2.45) is 5.92 Å². The lowest BCUT2D eigenvalue weighted by Crippen LogP contribution is -2.26. The summed E-state index contributed by atoms with van der Waals surface area (Å²) in [5.41, 5.74) is 2.44. The van der Waals surface area contributed by atoms with Gasteiger partial charge in [-0.2, -0.15) is 0 Å². The normalized spacial score (nSPS) is 21.5. The molecule has 0 spiro atoms. The van der Waals surface area contributed by atoms with Crippen molar-refractivity contribution < 1.29 is 9.84 Å².